The first-order chi connectivity index (χ1) is 7.62. The average Bonchev–Trinajstić information content (AvgIpc) is 1.91. The normalized spacial score (nSPS) is 20.3. The van der Waals surface area contributed by atoms with Crippen molar-refractivity contribution >= 4 is 54.0 Å². The van der Waals surface area contributed by atoms with Gasteiger partial charge in [0.25, 0.3) is 15.3 Å². The molecular weight excluding hydrogens is 335 g/mol. The minimum atomic E-state index is -2.10. The van der Waals surface area contributed by atoms with Crippen LogP contribution < -0.4 is 0 Å². The summed E-state index contributed by atoms with van der Waals surface area (Å²) in [6, 6.07) is 1.77. The van der Waals surface area contributed by atoms with E-state index < -0.39 is 31.9 Å². The molecule has 0 aliphatic heterocycles. The summed E-state index contributed by atoms with van der Waals surface area (Å²) >= 11 is 13.1. The smallest absolute Gasteiger partial charge is 0.276 e. The van der Waals surface area contributed by atoms with Gasteiger partial charge in [0.1, 0.15) is 0 Å². The maximum Gasteiger partial charge on any atom is 0.276 e. The monoisotopic (exact) mass is 362 g/mol. The summed E-state index contributed by atoms with van der Waals surface area (Å²) in [5.41, 5.74) is 0. The summed E-state index contributed by atoms with van der Waals surface area (Å²) in [6.07, 6.45) is 0. The maximum absolute atomic E-state index is 6.57. The Morgan fingerprint density at radius 1 is 0.611 bits per heavy atom. The summed E-state index contributed by atoms with van der Waals surface area (Å²) in [5, 5.41) is 0. The van der Waals surface area contributed by atoms with Gasteiger partial charge in [0.15, 0.2) is 16.6 Å². The van der Waals surface area contributed by atoms with Crippen molar-refractivity contribution in [3.8, 4) is 0 Å². The first-order valence-electron chi connectivity index (χ1n) is 6.40. The van der Waals surface area contributed by atoms with Gasteiger partial charge in [-0.1, -0.05) is 0 Å². The molecule has 0 amide bonds. The Bertz CT molecular complexity index is 244. The van der Waals surface area contributed by atoms with Gasteiger partial charge in [-0.05, 0) is 64.5 Å². The number of hydrogen-bond acceptors (Lipinski definition) is 2. The summed E-state index contributed by atoms with van der Waals surface area (Å²) in [7, 11) is -7.34. The van der Waals surface area contributed by atoms with Gasteiger partial charge in [-0.3, -0.25) is 0 Å². The fourth-order valence-corrected chi connectivity index (χ4v) is 22.3. The lowest BCUT2D eigenvalue weighted by molar-refractivity contribution is 0.550. The zero-order valence-electron chi connectivity index (χ0n) is 13.0. The average molecular weight is 364 g/mol. The largest absolute Gasteiger partial charge is 0.445 e. The zero-order valence-corrected chi connectivity index (χ0v) is 18.5. The lowest BCUT2D eigenvalue weighted by atomic mass is 10.9. The highest BCUT2D eigenvalue weighted by molar-refractivity contribution is 7.21. The second-order valence-electron chi connectivity index (χ2n) is 7.13. The molecule has 0 radical (unpaired) electrons. The van der Waals surface area contributed by atoms with Gasteiger partial charge in [0.2, 0.25) is 0 Å². The van der Waals surface area contributed by atoms with Crippen molar-refractivity contribution in [2.24, 2.45) is 0 Å². The molecule has 2 unspecified atom stereocenters. The van der Waals surface area contributed by atoms with Crippen LogP contribution >= 0.6 is 22.2 Å². The molecule has 2 nitrogen and oxygen atoms in total. The second kappa shape index (κ2) is 6.42. The highest BCUT2D eigenvalue weighted by Crippen LogP contribution is 2.31. The molecule has 110 valence electrons. The third-order valence-corrected chi connectivity index (χ3v) is 15.7. The number of rotatable bonds is 7. The summed E-state index contributed by atoms with van der Waals surface area (Å²) < 4.78 is 12.2. The minimum Gasteiger partial charge on any atom is -0.445 e. The van der Waals surface area contributed by atoms with Crippen LogP contribution in [0.3, 0.4) is 0 Å². The Labute approximate surface area is 126 Å². The molecular formula is C10H28Cl2O2Si4. The molecule has 0 spiro atoms. The Balaban J connectivity index is 4.38. The quantitative estimate of drug-likeness (QED) is 0.451. The Morgan fingerprint density at radius 3 is 1.00 bits per heavy atom. The van der Waals surface area contributed by atoms with Crippen LogP contribution in [0.25, 0.3) is 0 Å². The van der Waals surface area contributed by atoms with Crippen molar-refractivity contribution in [3.05, 3.63) is 0 Å². The molecule has 0 rings (SSSR count). The number of halogens is 2. The molecule has 0 aromatic carbocycles. The fraction of sp³-hybridized carbons (Fsp3) is 1.00. The van der Waals surface area contributed by atoms with E-state index in [1.807, 2.05) is 0 Å². The van der Waals surface area contributed by atoms with Crippen LogP contribution in [0.15, 0.2) is 0 Å². The third kappa shape index (κ3) is 11.2. The minimum absolute atomic E-state index is 0.884. The van der Waals surface area contributed by atoms with Crippen molar-refractivity contribution in [1.29, 1.82) is 0 Å². The van der Waals surface area contributed by atoms with Crippen LogP contribution in [0, 0.1) is 0 Å². The van der Waals surface area contributed by atoms with Gasteiger partial charge in [0, 0.05) is 0 Å². The molecule has 8 heteroatoms. The van der Waals surface area contributed by atoms with Gasteiger partial charge in [0.05, 0.1) is 0 Å². The van der Waals surface area contributed by atoms with E-state index in [0.29, 0.717) is 0 Å². The van der Waals surface area contributed by atoms with Gasteiger partial charge >= 0.3 is 0 Å². The van der Waals surface area contributed by atoms with Crippen molar-refractivity contribution < 1.29 is 8.23 Å². The van der Waals surface area contributed by atoms with Gasteiger partial charge in [-0.15, -0.1) is 22.2 Å². The summed E-state index contributed by atoms with van der Waals surface area (Å²) in [5.74, 6) is 0. The van der Waals surface area contributed by atoms with Crippen LogP contribution in [0.5, 0.6) is 0 Å². The first-order valence-corrected chi connectivity index (χ1v) is 20.5. The highest BCUT2D eigenvalue weighted by Gasteiger charge is 2.38. The Hall–Kier alpha value is 1.37. The molecule has 2 atom stereocenters. The van der Waals surface area contributed by atoms with Crippen molar-refractivity contribution in [3.63, 3.8) is 0 Å². The van der Waals surface area contributed by atoms with Crippen LogP contribution in [-0.4, -0.2) is 31.9 Å². The standard InChI is InChI=1S/C10H28Cl2O2Si4/c1-15(2,3)13-17(7,11)9-10-18(8,12)14-16(4,5)6/h9-10H2,1-8H3. The van der Waals surface area contributed by atoms with E-state index >= 15 is 0 Å². The fourth-order valence-electron chi connectivity index (χ4n) is 1.83. The van der Waals surface area contributed by atoms with Crippen molar-refractivity contribution in [2.75, 3.05) is 0 Å². The van der Waals surface area contributed by atoms with E-state index in [9.17, 15) is 0 Å². The van der Waals surface area contributed by atoms with Crippen LogP contribution in [0.4, 0.5) is 0 Å². The number of hydrogen-bond donors (Lipinski definition) is 0. The van der Waals surface area contributed by atoms with Crippen LogP contribution in [0.2, 0.25) is 64.5 Å². The Morgan fingerprint density at radius 2 is 0.833 bits per heavy atom. The molecule has 0 saturated carbocycles. The SMILES string of the molecule is C[Si](C)(C)O[Si](C)(Cl)CC[Si](C)(Cl)O[Si](C)(C)C. The summed E-state index contributed by atoms with van der Waals surface area (Å²) in [4.78, 5) is 0. The summed E-state index contributed by atoms with van der Waals surface area (Å²) in [6.45, 7) is 17.2. The topological polar surface area (TPSA) is 18.5 Å². The lowest BCUT2D eigenvalue weighted by Gasteiger charge is -2.33. The van der Waals surface area contributed by atoms with Gasteiger partial charge in [-0.25, -0.2) is 0 Å². The van der Waals surface area contributed by atoms with E-state index in [2.05, 4.69) is 52.4 Å². The van der Waals surface area contributed by atoms with Gasteiger partial charge in [-0.2, -0.15) is 0 Å². The second-order valence-corrected chi connectivity index (χ2v) is 27.4. The molecule has 0 aromatic rings. The van der Waals surface area contributed by atoms with E-state index in [1.165, 1.54) is 0 Å². The molecule has 0 N–H and O–H groups in total. The molecule has 0 aliphatic rings. The molecule has 18 heavy (non-hydrogen) atoms. The molecule has 0 aliphatic carbocycles. The lowest BCUT2D eigenvalue weighted by Crippen LogP contribution is -2.44. The molecule has 0 aromatic heterocycles. The molecule has 0 bridgehead atoms. The molecule has 0 fully saturated rings. The predicted molar refractivity (Wildman–Crippen MR) is 93.4 cm³/mol. The predicted octanol–water partition coefficient (Wildman–Crippen LogP) is 5.31. The highest BCUT2D eigenvalue weighted by atomic mass is 35.6. The van der Waals surface area contributed by atoms with E-state index in [1.54, 1.807) is 0 Å². The van der Waals surface area contributed by atoms with E-state index in [4.69, 9.17) is 30.4 Å². The van der Waals surface area contributed by atoms with Crippen LogP contribution in [0.1, 0.15) is 0 Å². The van der Waals surface area contributed by atoms with Crippen LogP contribution in [-0.2, 0) is 8.23 Å². The zero-order chi connectivity index (χ0) is 14.8. The van der Waals surface area contributed by atoms with Crippen molar-refractivity contribution in [2.45, 2.75) is 64.5 Å². The van der Waals surface area contributed by atoms with Crippen molar-refractivity contribution in [1.82, 2.24) is 0 Å². The molecule has 0 heterocycles. The van der Waals surface area contributed by atoms with E-state index in [-0.39, 0.29) is 0 Å². The maximum atomic E-state index is 6.57. The third-order valence-electron chi connectivity index (χ3n) is 2.06. The van der Waals surface area contributed by atoms with E-state index in [0.717, 1.165) is 12.1 Å². The van der Waals surface area contributed by atoms with Gasteiger partial charge < -0.3 is 8.23 Å². The molecule has 0 saturated heterocycles. The first kappa shape index (κ1) is 19.4. The Kier molecular flexibility index (Phi) is 6.91.